The average molecular weight is 467 g/mol. The molecule has 0 aliphatic carbocycles. The van der Waals surface area contributed by atoms with Crippen molar-refractivity contribution in [2.24, 2.45) is 11.8 Å². The van der Waals surface area contributed by atoms with Crippen molar-refractivity contribution in [2.45, 2.75) is 32.7 Å². The quantitative estimate of drug-likeness (QED) is 0.551. The molecule has 7 nitrogen and oxygen atoms in total. The Balaban J connectivity index is 1.62. The minimum atomic E-state index is -1.20. The van der Waals surface area contributed by atoms with E-state index in [1.165, 1.54) is 23.6 Å². The van der Waals surface area contributed by atoms with Gasteiger partial charge < -0.3 is 19.1 Å². The molecule has 1 aromatic carbocycles. The number of aromatic carboxylic acids is 1. The Kier molecular flexibility index (Phi) is 5.80. The van der Waals surface area contributed by atoms with Crippen LogP contribution in [0.3, 0.4) is 0 Å². The summed E-state index contributed by atoms with van der Waals surface area (Å²) in [6.07, 6.45) is 4.94. The van der Waals surface area contributed by atoms with E-state index in [0.717, 1.165) is 59.2 Å². The van der Waals surface area contributed by atoms with Crippen LogP contribution in [-0.4, -0.2) is 40.4 Å². The lowest BCUT2D eigenvalue weighted by molar-refractivity contribution is -0.0401. The highest BCUT2D eigenvalue weighted by molar-refractivity contribution is 7.13. The van der Waals surface area contributed by atoms with Crippen LogP contribution in [0.15, 0.2) is 40.8 Å². The van der Waals surface area contributed by atoms with Crippen LogP contribution in [0.1, 0.15) is 42.2 Å². The Hall–Kier alpha value is -2.97. The molecule has 33 heavy (non-hydrogen) atoms. The number of fused-ring (bicyclic) bond motifs is 3. The van der Waals surface area contributed by atoms with Gasteiger partial charge in [0.15, 0.2) is 5.43 Å². The van der Waals surface area contributed by atoms with Crippen molar-refractivity contribution in [3.63, 3.8) is 0 Å². The lowest BCUT2D eigenvalue weighted by atomic mass is 9.86. The summed E-state index contributed by atoms with van der Waals surface area (Å²) in [4.78, 5) is 28.7. The van der Waals surface area contributed by atoms with Crippen molar-refractivity contribution in [3.8, 4) is 27.6 Å². The van der Waals surface area contributed by atoms with Crippen LogP contribution >= 0.6 is 11.3 Å². The molecular formula is C25H26N2O5S. The third-order valence-corrected chi connectivity index (χ3v) is 7.31. The predicted molar refractivity (Wildman–Crippen MR) is 126 cm³/mol. The molecule has 172 valence electrons. The molecule has 2 aliphatic rings. The Morgan fingerprint density at radius 1 is 1.30 bits per heavy atom. The van der Waals surface area contributed by atoms with Crippen molar-refractivity contribution in [3.05, 3.63) is 57.3 Å². The summed E-state index contributed by atoms with van der Waals surface area (Å²) < 4.78 is 13.5. The van der Waals surface area contributed by atoms with Crippen LogP contribution < -0.4 is 10.2 Å². The number of pyridine rings is 1. The SMILES string of the molecule is CC(C)C1Cc2cc(OCCC3COC3)c(-c3nccs3)cc2-c2cc(=O)c(C(=O)O)cn21. The molecule has 0 amide bonds. The normalized spacial score (nSPS) is 17.4. The summed E-state index contributed by atoms with van der Waals surface area (Å²) >= 11 is 1.54. The van der Waals surface area contributed by atoms with Gasteiger partial charge in [-0.3, -0.25) is 4.79 Å². The van der Waals surface area contributed by atoms with Crippen LogP contribution in [0.4, 0.5) is 0 Å². The minimum Gasteiger partial charge on any atom is -0.493 e. The molecular weight excluding hydrogens is 440 g/mol. The number of carbonyl (C=O) groups is 1. The van der Waals surface area contributed by atoms with E-state index in [2.05, 4.69) is 24.9 Å². The van der Waals surface area contributed by atoms with Gasteiger partial charge in [0.05, 0.1) is 31.1 Å². The van der Waals surface area contributed by atoms with E-state index in [1.54, 1.807) is 6.20 Å². The largest absolute Gasteiger partial charge is 0.493 e. The molecule has 1 unspecified atom stereocenters. The number of carboxylic acids is 1. The molecule has 1 atom stereocenters. The second kappa shape index (κ2) is 8.76. The van der Waals surface area contributed by atoms with Gasteiger partial charge in [0.1, 0.15) is 16.3 Å². The molecule has 2 aromatic heterocycles. The van der Waals surface area contributed by atoms with E-state index >= 15 is 0 Å². The van der Waals surface area contributed by atoms with Crippen LogP contribution in [-0.2, 0) is 11.2 Å². The van der Waals surface area contributed by atoms with Gasteiger partial charge in [-0.05, 0) is 36.5 Å². The Morgan fingerprint density at radius 2 is 2.12 bits per heavy atom. The molecule has 0 spiro atoms. The molecule has 4 heterocycles. The predicted octanol–water partition coefficient (Wildman–Crippen LogP) is 4.51. The van der Waals surface area contributed by atoms with Crippen LogP contribution in [0.2, 0.25) is 0 Å². The third-order valence-electron chi connectivity index (χ3n) is 6.50. The summed E-state index contributed by atoms with van der Waals surface area (Å²) in [5.41, 5.74) is 2.96. The van der Waals surface area contributed by atoms with Crippen LogP contribution in [0.25, 0.3) is 21.8 Å². The van der Waals surface area contributed by atoms with Gasteiger partial charge in [0, 0.05) is 41.4 Å². The fourth-order valence-electron chi connectivity index (χ4n) is 4.54. The standard InChI is InChI=1S/C25H26N2O5S/c1-14(2)20-7-16-8-23(32-5-3-15-12-31-13-15)18(24-26-4-6-33-24)9-17(16)21-10-22(28)19(25(29)30)11-27(20)21/h4,6,8-11,14-15,20H,3,5,7,12-13H2,1-2H3,(H,29,30). The molecule has 1 saturated heterocycles. The number of hydrogen-bond acceptors (Lipinski definition) is 6. The fraction of sp³-hybridized carbons (Fsp3) is 0.400. The summed E-state index contributed by atoms with van der Waals surface area (Å²) in [6.45, 7) is 6.43. The van der Waals surface area contributed by atoms with Gasteiger partial charge in [-0.2, -0.15) is 0 Å². The lowest BCUT2D eigenvalue weighted by Crippen LogP contribution is -2.29. The van der Waals surface area contributed by atoms with Gasteiger partial charge in [-0.25, -0.2) is 9.78 Å². The number of aromatic nitrogens is 2. The number of carboxylic acid groups (broad SMARTS) is 1. The van der Waals surface area contributed by atoms with Gasteiger partial charge in [0.25, 0.3) is 0 Å². The molecule has 1 N–H and O–H groups in total. The first kappa shape index (κ1) is 21.9. The van der Waals surface area contributed by atoms with E-state index in [4.69, 9.17) is 9.47 Å². The zero-order valence-corrected chi connectivity index (χ0v) is 19.4. The number of thiazole rings is 1. The second-order valence-electron chi connectivity index (χ2n) is 9.05. The lowest BCUT2D eigenvalue weighted by Gasteiger charge is -2.34. The maximum Gasteiger partial charge on any atom is 0.341 e. The highest BCUT2D eigenvalue weighted by Gasteiger charge is 2.29. The van der Waals surface area contributed by atoms with Crippen molar-refractivity contribution in [1.29, 1.82) is 0 Å². The fourth-order valence-corrected chi connectivity index (χ4v) is 5.20. The third kappa shape index (κ3) is 4.09. The Bertz CT molecular complexity index is 1240. The van der Waals surface area contributed by atoms with Gasteiger partial charge in [0.2, 0.25) is 0 Å². The summed E-state index contributed by atoms with van der Waals surface area (Å²) in [5.74, 6) is 0.401. The maximum atomic E-state index is 12.6. The molecule has 1 fully saturated rings. The van der Waals surface area contributed by atoms with E-state index in [0.29, 0.717) is 12.5 Å². The first-order valence-electron chi connectivity index (χ1n) is 11.2. The highest BCUT2D eigenvalue weighted by Crippen LogP contribution is 2.43. The minimum absolute atomic E-state index is 0.0388. The summed E-state index contributed by atoms with van der Waals surface area (Å²) in [6, 6.07) is 5.62. The first-order valence-corrected chi connectivity index (χ1v) is 12.1. The zero-order valence-electron chi connectivity index (χ0n) is 18.6. The van der Waals surface area contributed by atoms with E-state index < -0.39 is 11.4 Å². The average Bonchev–Trinajstić information content (AvgIpc) is 3.28. The van der Waals surface area contributed by atoms with E-state index in [9.17, 15) is 14.7 Å². The van der Waals surface area contributed by atoms with Crippen molar-refractivity contribution < 1.29 is 19.4 Å². The van der Waals surface area contributed by atoms with E-state index in [1.807, 2.05) is 16.0 Å². The number of nitrogens with zero attached hydrogens (tertiary/aromatic N) is 2. The number of rotatable bonds is 7. The molecule has 0 saturated carbocycles. The molecule has 5 rings (SSSR count). The maximum absolute atomic E-state index is 12.6. The second-order valence-corrected chi connectivity index (χ2v) is 9.94. The number of hydrogen-bond donors (Lipinski definition) is 1. The number of ether oxygens (including phenoxy) is 2. The van der Waals surface area contributed by atoms with Crippen molar-refractivity contribution in [2.75, 3.05) is 19.8 Å². The smallest absolute Gasteiger partial charge is 0.341 e. The van der Waals surface area contributed by atoms with Crippen molar-refractivity contribution in [1.82, 2.24) is 9.55 Å². The Labute approximate surface area is 195 Å². The zero-order chi connectivity index (χ0) is 23.1. The molecule has 0 radical (unpaired) electrons. The van der Waals surface area contributed by atoms with Crippen molar-refractivity contribution >= 4 is 17.3 Å². The Morgan fingerprint density at radius 3 is 2.76 bits per heavy atom. The van der Waals surface area contributed by atoms with Gasteiger partial charge >= 0.3 is 5.97 Å². The molecule has 8 heteroatoms. The molecule has 0 bridgehead atoms. The van der Waals surface area contributed by atoms with Gasteiger partial charge in [-0.1, -0.05) is 13.8 Å². The number of benzene rings is 1. The van der Waals surface area contributed by atoms with Gasteiger partial charge in [-0.15, -0.1) is 11.3 Å². The highest BCUT2D eigenvalue weighted by atomic mass is 32.1. The molecule has 2 aliphatic heterocycles. The first-order chi connectivity index (χ1) is 15.9. The van der Waals surface area contributed by atoms with Crippen LogP contribution in [0.5, 0.6) is 5.75 Å². The van der Waals surface area contributed by atoms with Crippen LogP contribution in [0, 0.1) is 11.8 Å². The monoisotopic (exact) mass is 466 g/mol. The summed E-state index contributed by atoms with van der Waals surface area (Å²) in [5, 5.41) is 12.3. The topological polar surface area (TPSA) is 90.7 Å². The van der Waals surface area contributed by atoms with E-state index in [-0.39, 0.29) is 17.5 Å². The summed E-state index contributed by atoms with van der Waals surface area (Å²) in [7, 11) is 0. The molecule has 3 aromatic rings.